The highest BCUT2D eigenvalue weighted by Gasteiger charge is 2.41. The van der Waals surface area contributed by atoms with Crippen LogP contribution in [0.1, 0.15) is 38.5 Å². The van der Waals surface area contributed by atoms with Gasteiger partial charge in [0.05, 0.1) is 6.42 Å². The third-order valence-electron chi connectivity index (χ3n) is 3.56. The normalized spacial score (nSPS) is 19.8. The minimum absolute atomic E-state index is 0.0661. The van der Waals surface area contributed by atoms with E-state index >= 15 is 0 Å². The van der Waals surface area contributed by atoms with E-state index in [4.69, 9.17) is 5.11 Å². The van der Waals surface area contributed by atoms with Gasteiger partial charge < -0.3 is 10.4 Å². The van der Waals surface area contributed by atoms with Crippen molar-refractivity contribution in [2.75, 3.05) is 6.54 Å². The number of hydrogen-bond acceptors (Lipinski definition) is 2. The van der Waals surface area contributed by atoms with Crippen LogP contribution in [0.15, 0.2) is 0 Å². The lowest BCUT2D eigenvalue weighted by Gasteiger charge is -2.15. The molecule has 0 spiro atoms. The Hall–Kier alpha value is -1.06. The van der Waals surface area contributed by atoms with Crippen LogP contribution in [0.4, 0.5) is 0 Å². The third-order valence-corrected chi connectivity index (χ3v) is 3.56. The molecule has 2 rings (SSSR count). The predicted molar refractivity (Wildman–Crippen MR) is 58.8 cm³/mol. The van der Waals surface area contributed by atoms with E-state index < -0.39 is 5.97 Å². The summed E-state index contributed by atoms with van der Waals surface area (Å²) in [6.07, 6.45) is 5.29. The van der Waals surface area contributed by atoms with Crippen molar-refractivity contribution in [1.29, 1.82) is 0 Å². The lowest BCUT2D eigenvalue weighted by molar-refractivity contribution is -0.138. The Kier molecular flexibility index (Phi) is 3.46. The van der Waals surface area contributed by atoms with Crippen molar-refractivity contribution < 1.29 is 14.7 Å². The van der Waals surface area contributed by atoms with E-state index in [1.165, 1.54) is 25.7 Å². The van der Waals surface area contributed by atoms with Gasteiger partial charge >= 0.3 is 5.97 Å². The Morgan fingerprint density at radius 1 is 1.12 bits per heavy atom. The van der Waals surface area contributed by atoms with Crippen LogP contribution in [0.5, 0.6) is 0 Å². The molecule has 2 fully saturated rings. The summed E-state index contributed by atoms with van der Waals surface area (Å²) in [5.41, 5.74) is 0. The molecule has 0 radical (unpaired) electrons. The van der Waals surface area contributed by atoms with Gasteiger partial charge in [-0.2, -0.15) is 0 Å². The summed E-state index contributed by atoms with van der Waals surface area (Å²) in [4.78, 5) is 21.7. The van der Waals surface area contributed by atoms with Crippen LogP contribution < -0.4 is 5.32 Å². The molecular formula is C12H19NO3. The zero-order chi connectivity index (χ0) is 11.5. The lowest BCUT2D eigenvalue weighted by atomic mass is 9.98. The van der Waals surface area contributed by atoms with Crippen molar-refractivity contribution in [3.05, 3.63) is 0 Å². The van der Waals surface area contributed by atoms with E-state index in [1.54, 1.807) is 0 Å². The monoisotopic (exact) mass is 225 g/mol. The lowest BCUT2D eigenvalue weighted by Crippen LogP contribution is -2.31. The fourth-order valence-electron chi connectivity index (χ4n) is 2.31. The Morgan fingerprint density at radius 3 is 2.12 bits per heavy atom. The number of aliphatic carboxylic acids is 1. The van der Waals surface area contributed by atoms with Crippen molar-refractivity contribution >= 4 is 11.9 Å². The second kappa shape index (κ2) is 4.85. The van der Waals surface area contributed by atoms with Gasteiger partial charge in [-0.15, -0.1) is 0 Å². The maximum atomic E-state index is 11.4. The Bertz CT molecular complexity index is 270. The number of carboxylic acids is 1. The van der Waals surface area contributed by atoms with Gasteiger partial charge in [0.25, 0.3) is 0 Å². The Labute approximate surface area is 95.4 Å². The molecule has 0 aromatic rings. The average molecular weight is 225 g/mol. The van der Waals surface area contributed by atoms with Crippen molar-refractivity contribution in [3.63, 3.8) is 0 Å². The zero-order valence-corrected chi connectivity index (χ0v) is 9.45. The molecule has 2 aliphatic rings. The first-order valence-electron chi connectivity index (χ1n) is 6.15. The average Bonchev–Trinajstić information content (AvgIpc) is 3.07. The van der Waals surface area contributed by atoms with Gasteiger partial charge in [0, 0.05) is 13.0 Å². The molecule has 0 aromatic heterocycles. The molecular weight excluding hydrogens is 206 g/mol. The van der Waals surface area contributed by atoms with E-state index in [2.05, 4.69) is 5.32 Å². The minimum atomic E-state index is -0.906. The maximum Gasteiger partial charge on any atom is 0.303 e. The second-order valence-corrected chi connectivity index (χ2v) is 5.04. The summed E-state index contributed by atoms with van der Waals surface area (Å²) in [6.45, 7) is 0.758. The number of nitrogens with one attached hydrogen (secondary N) is 1. The number of carboxylic acid groups (broad SMARTS) is 1. The molecule has 2 saturated carbocycles. The molecule has 16 heavy (non-hydrogen) atoms. The standard InChI is InChI=1S/C12H19NO3/c14-11(5-6-12(15)16)13-7-10(8-1-2-8)9-3-4-9/h8-10H,1-7H2,(H,13,14)(H,15,16). The fourth-order valence-corrected chi connectivity index (χ4v) is 2.31. The van der Waals surface area contributed by atoms with Crippen LogP contribution in [0, 0.1) is 17.8 Å². The first kappa shape index (κ1) is 11.4. The van der Waals surface area contributed by atoms with Crippen LogP contribution >= 0.6 is 0 Å². The Morgan fingerprint density at radius 2 is 1.69 bits per heavy atom. The molecule has 4 heteroatoms. The van der Waals surface area contributed by atoms with E-state index in [0.717, 1.165) is 18.4 Å². The quantitative estimate of drug-likeness (QED) is 0.688. The third kappa shape index (κ3) is 3.51. The van der Waals surface area contributed by atoms with Gasteiger partial charge in [0.15, 0.2) is 0 Å². The Balaban J connectivity index is 1.64. The highest BCUT2D eigenvalue weighted by atomic mass is 16.4. The molecule has 0 aliphatic heterocycles. The fraction of sp³-hybridized carbons (Fsp3) is 0.833. The van der Waals surface area contributed by atoms with Crippen molar-refractivity contribution in [1.82, 2.24) is 5.32 Å². The van der Waals surface area contributed by atoms with Crippen LogP contribution in [-0.2, 0) is 9.59 Å². The van der Waals surface area contributed by atoms with E-state index in [0.29, 0.717) is 5.92 Å². The van der Waals surface area contributed by atoms with Crippen molar-refractivity contribution in [2.45, 2.75) is 38.5 Å². The highest BCUT2D eigenvalue weighted by Crippen LogP contribution is 2.48. The first-order chi connectivity index (χ1) is 7.66. The number of carbonyl (C=O) groups is 2. The molecule has 0 saturated heterocycles. The van der Waals surface area contributed by atoms with Crippen molar-refractivity contribution in [3.8, 4) is 0 Å². The SMILES string of the molecule is O=C(O)CCC(=O)NCC(C1CC1)C1CC1. The molecule has 2 N–H and O–H groups in total. The number of amides is 1. The summed E-state index contributed by atoms with van der Waals surface area (Å²) < 4.78 is 0. The van der Waals surface area contributed by atoms with E-state index in [-0.39, 0.29) is 18.7 Å². The van der Waals surface area contributed by atoms with E-state index in [9.17, 15) is 9.59 Å². The van der Waals surface area contributed by atoms with Gasteiger partial charge in [-0.05, 0) is 43.4 Å². The van der Waals surface area contributed by atoms with Gasteiger partial charge in [-0.3, -0.25) is 9.59 Å². The topological polar surface area (TPSA) is 66.4 Å². The molecule has 0 aromatic carbocycles. The zero-order valence-electron chi connectivity index (χ0n) is 9.45. The molecule has 0 bridgehead atoms. The number of carbonyl (C=O) groups excluding carboxylic acids is 1. The van der Waals surface area contributed by atoms with Gasteiger partial charge in [-0.25, -0.2) is 0 Å². The van der Waals surface area contributed by atoms with Crippen LogP contribution in [0.3, 0.4) is 0 Å². The molecule has 0 heterocycles. The van der Waals surface area contributed by atoms with Crippen LogP contribution in [0.25, 0.3) is 0 Å². The predicted octanol–water partition coefficient (Wildman–Crippen LogP) is 1.40. The molecule has 2 aliphatic carbocycles. The van der Waals surface area contributed by atoms with E-state index in [1.807, 2.05) is 0 Å². The summed E-state index contributed by atoms with van der Waals surface area (Å²) in [5, 5.41) is 11.3. The smallest absolute Gasteiger partial charge is 0.303 e. The molecule has 4 nitrogen and oxygen atoms in total. The largest absolute Gasteiger partial charge is 0.481 e. The second-order valence-electron chi connectivity index (χ2n) is 5.04. The molecule has 0 atom stereocenters. The number of hydrogen-bond donors (Lipinski definition) is 2. The minimum Gasteiger partial charge on any atom is -0.481 e. The summed E-state index contributed by atoms with van der Waals surface area (Å²) in [6, 6.07) is 0. The maximum absolute atomic E-state index is 11.4. The first-order valence-corrected chi connectivity index (χ1v) is 6.15. The molecule has 90 valence electrons. The van der Waals surface area contributed by atoms with Gasteiger partial charge in [0.1, 0.15) is 0 Å². The molecule has 1 amide bonds. The summed E-state index contributed by atoms with van der Waals surface area (Å²) in [5.74, 6) is 1.29. The van der Waals surface area contributed by atoms with Gasteiger partial charge in [-0.1, -0.05) is 0 Å². The summed E-state index contributed by atoms with van der Waals surface area (Å²) in [7, 11) is 0. The summed E-state index contributed by atoms with van der Waals surface area (Å²) >= 11 is 0. The van der Waals surface area contributed by atoms with Crippen LogP contribution in [0.2, 0.25) is 0 Å². The van der Waals surface area contributed by atoms with Crippen molar-refractivity contribution in [2.24, 2.45) is 17.8 Å². The van der Waals surface area contributed by atoms with Gasteiger partial charge in [0.2, 0.25) is 5.91 Å². The highest BCUT2D eigenvalue weighted by molar-refractivity contribution is 5.80. The molecule has 0 unspecified atom stereocenters. The van der Waals surface area contributed by atoms with Crippen LogP contribution in [-0.4, -0.2) is 23.5 Å². The number of rotatable bonds is 7.